The quantitative estimate of drug-likeness (QED) is 0.712. The van der Waals surface area contributed by atoms with E-state index in [1.165, 1.54) is 0 Å². The monoisotopic (exact) mass is 294 g/mol. The van der Waals surface area contributed by atoms with E-state index in [1.807, 2.05) is 6.07 Å². The first-order valence-corrected chi connectivity index (χ1v) is 5.48. The van der Waals surface area contributed by atoms with Crippen LogP contribution in [-0.4, -0.2) is 20.9 Å². The molecule has 0 aliphatic heterocycles. The van der Waals surface area contributed by atoms with E-state index in [4.69, 9.17) is 0 Å². The van der Waals surface area contributed by atoms with Gasteiger partial charge in [-0.05, 0) is 30.3 Å². The van der Waals surface area contributed by atoms with Crippen LogP contribution in [0.5, 0.6) is 0 Å². The third kappa shape index (κ3) is 2.81. The van der Waals surface area contributed by atoms with Crippen molar-refractivity contribution in [3.63, 3.8) is 0 Å². The number of fused-ring (bicyclic) bond motifs is 1. The van der Waals surface area contributed by atoms with E-state index in [9.17, 15) is 4.79 Å². The Kier molecular flexibility index (Phi) is 3.94. The number of nitrogens with zero attached hydrogens (tertiary/aromatic N) is 2. The number of rotatable bonds is 2. The van der Waals surface area contributed by atoms with Crippen molar-refractivity contribution in [2.24, 2.45) is 0 Å². The van der Waals surface area contributed by atoms with E-state index in [0.29, 0.717) is 11.4 Å². The molecule has 0 saturated heterocycles. The van der Waals surface area contributed by atoms with Gasteiger partial charge in [0, 0.05) is 28.8 Å². The summed E-state index contributed by atoms with van der Waals surface area (Å²) in [6, 6.07) is 10.7. The largest absolute Gasteiger partial charge is 0.345 e. The zero-order valence-corrected chi connectivity index (χ0v) is 10.9. The van der Waals surface area contributed by atoms with Crippen LogP contribution in [0.25, 0.3) is 11.0 Å². The second-order valence-corrected chi connectivity index (χ2v) is 3.80. The number of carbonyl (C=O) groups is 1. The molecule has 3 rings (SSSR count). The van der Waals surface area contributed by atoms with Gasteiger partial charge in [-0.1, -0.05) is 6.07 Å². The summed E-state index contributed by atoms with van der Waals surface area (Å²) >= 11 is 0. The predicted octanol–water partition coefficient (Wildman–Crippen LogP) is 2.21. The van der Waals surface area contributed by atoms with E-state index >= 15 is 0 Å². The summed E-state index contributed by atoms with van der Waals surface area (Å²) in [6.45, 7) is 0. The Hall–Kier alpha value is -2.17. The Bertz CT molecular complexity index is 696. The molecule has 3 aromatic rings. The van der Waals surface area contributed by atoms with Crippen molar-refractivity contribution in [1.82, 2.24) is 15.0 Å². The van der Waals surface area contributed by atoms with Crippen LogP contribution in [0.3, 0.4) is 0 Å². The molecular formula is C13H10FeN4O. The summed E-state index contributed by atoms with van der Waals surface area (Å²) < 4.78 is 0. The van der Waals surface area contributed by atoms with Gasteiger partial charge in [0.15, 0.2) is 0 Å². The maximum Gasteiger partial charge on any atom is 0.256 e. The molecule has 0 aliphatic carbocycles. The molecule has 0 fully saturated rings. The number of amides is 1. The summed E-state index contributed by atoms with van der Waals surface area (Å²) in [5, 5.41) is 2.73. The molecule has 5 nitrogen and oxygen atoms in total. The van der Waals surface area contributed by atoms with Crippen molar-refractivity contribution in [2.75, 3.05) is 5.32 Å². The molecule has 0 radical (unpaired) electrons. The normalized spacial score (nSPS) is 9.89. The van der Waals surface area contributed by atoms with Crippen LogP contribution in [0.1, 0.15) is 10.4 Å². The zero-order valence-electron chi connectivity index (χ0n) is 9.78. The predicted molar refractivity (Wildman–Crippen MR) is 68.3 cm³/mol. The molecule has 96 valence electrons. The molecule has 6 heteroatoms. The molecule has 1 aromatic carbocycles. The minimum Gasteiger partial charge on any atom is -0.345 e. The molecule has 2 N–H and O–H groups in total. The molecule has 0 atom stereocenters. The number of hydrogen-bond acceptors (Lipinski definition) is 3. The Balaban J connectivity index is 0.00000133. The molecule has 0 bridgehead atoms. The number of H-pyrrole nitrogens is 1. The van der Waals surface area contributed by atoms with Crippen LogP contribution in [0.4, 0.5) is 5.82 Å². The van der Waals surface area contributed by atoms with Crippen LogP contribution >= 0.6 is 0 Å². The third-order valence-electron chi connectivity index (χ3n) is 2.59. The number of aromatic amines is 1. The van der Waals surface area contributed by atoms with Crippen LogP contribution in [-0.2, 0) is 17.1 Å². The van der Waals surface area contributed by atoms with Crippen LogP contribution in [0.15, 0.2) is 48.9 Å². The molecule has 0 spiro atoms. The van der Waals surface area contributed by atoms with Crippen LogP contribution in [0.2, 0.25) is 0 Å². The maximum absolute atomic E-state index is 12.0. The van der Waals surface area contributed by atoms with Crippen molar-refractivity contribution in [2.45, 2.75) is 0 Å². The van der Waals surface area contributed by atoms with Crippen molar-refractivity contribution < 1.29 is 21.9 Å². The van der Waals surface area contributed by atoms with Gasteiger partial charge in [-0.15, -0.1) is 0 Å². The minimum absolute atomic E-state index is 0. The van der Waals surface area contributed by atoms with E-state index in [2.05, 4.69) is 20.3 Å². The molecular weight excluding hydrogens is 284 g/mol. The average molecular weight is 294 g/mol. The first-order valence-electron chi connectivity index (χ1n) is 5.48. The second-order valence-electron chi connectivity index (χ2n) is 3.80. The van der Waals surface area contributed by atoms with Gasteiger partial charge in [-0.3, -0.25) is 4.79 Å². The summed E-state index contributed by atoms with van der Waals surface area (Å²) in [6.07, 6.45) is 3.23. The number of nitrogens with one attached hydrogen (secondary N) is 2. The fourth-order valence-corrected chi connectivity index (χ4v) is 1.70. The van der Waals surface area contributed by atoms with Gasteiger partial charge in [0.1, 0.15) is 5.82 Å². The van der Waals surface area contributed by atoms with Gasteiger partial charge in [-0.2, -0.15) is 0 Å². The van der Waals surface area contributed by atoms with Crippen LogP contribution in [0, 0.1) is 0 Å². The summed E-state index contributed by atoms with van der Waals surface area (Å²) in [7, 11) is 0. The number of pyridine rings is 1. The van der Waals surface area contributed by atoms with Crippen LogP contribution < -0.4 is 5.32 Å². The van der Waals surface area contributed by atoms with Gasteiger partial charge in [0.25, 0.3) is 5.91 Å². The third-order valence-corrected chi connectivity index (χ3v) is 2.59. The number of carbonyl (C=O) groups excluding carboxylic acids is 1. The van der Waals surface area contributed by atoms with Gasteiger partial charge in [0.2, 0.25) is 0 Å². The molecule has 19 heavy (non-hydrogen) atoms. The Labute approximate surface area is 119 Å². The zero-order chi connectivity index (χ0) is 12.4. The topological polar surface area (TPSA) is 70.7 Å². The SMILES string of the molecule is O=C(Nc1ccccn1)c1ccc2nc[nH]c2c1.[Fe]. The fraction of sp³-hybridized carbons (Fsp3) is 0. The van der Waals surface area contributed by atoms with Gasteiger partial charge in [0.05, 0.1) is 17.4 Å². The number of aromatic nitrogens is 3. The van der Waals surface area contributed by atoms with E-state index in [0.717, 1.165) is 11.0 Å². The smallest absolute Gasteiger partial charge is 0.256 e. The number of imidazole rings is 1. The molecule has 1 amide bonds. The Morgan fingerprint density at radius 3 is 2.84 bits per heavy atom. The van der Waals surface area contributed by atoms with Gasteiger partial charge < -0.3 is 10.3 Å². The first-order chi connectivity index (χ1) is 8.83. The van der Waals surface area contributed by atoms with Gasteiger partial charge >= 0.3 is 0 Å². The molecule has 2 heterocycles. The number of hydrogen-bond donors (Lipinski definition) is 2. The molecule has 0 aliphatic rings. The number of anilines is 1. The molecule has 0 saturated carbocycles. The van der Waals surface area contributed by atoms with E-state index < -0.39 is 0 Å². The first kappa shape index (κ1) is 13.3. The summed E-state index contributed by atoms with van der Waals surface area (Å²) in [5.74, 6) is 0.345. The fourth-order valence-electron chi connectivity index (χ4n) is 1.70. The molecule has 2 aromatic heterocycles. The maximum atomic E-state index is 12.0. The summed E-state index contributed by atoms with van der Waals surface area (Å²) in [4.78, 5) is 23.1. The molecule has 0 unspecified atom stereocenters. The van der Waals surface area contributed by atoms with Crippen molar-refractivity contribution in [3.8, 4) is 0 Å². The number of benzene rings is 1. The minimum atomic E-state index is -0.190. The second kappa shape index (κ2) is 5.65. The van der Waals surface area contributed by atoms with Crippen molar-refractivity contribution in [3.05, 3.63) is 54.5 Å². The Morgan fingerprint density at radius 2 is 2.05 bits per heavy atom. The Morgan fingerprint density at radius 1 is 1.16 bits per heavy atom. The van der Waals surface area contributed by atoms with Crippen molar-refractivity contribution in [1.29, 1.82) is 0 Å². The van der Waals surface area contributed by atoms with E-state index in [-0.39, 0.29) is 23.0 Å². The van der Waals surface area contributed by atoms with E-state index in [1.54, 1.807) is 42.9 Å². The summed E-state index contributed by atoms with van der Waals surface area (Å²) in [5.41, 5.74) is 2.24. The van der Waals surface area contributed by atoms with Crippen molar-refractivity contribution >= 4 is 22.8 Å². The standard InChI is InChI=1S/C13H10N4O.Fe/c18-13(17-12-3-1-2-6-14-12)9-4-5-10-11(7-9)16-8-15-10;/h1-8H,(H,15,16)(H,14,17,18);. The van der Waals surface area contributed by atoms with Gasteiger partial charge in [-0.25, -0.2) is 9.97 Å². The average Bonchev–Trinajstić information content (AvgIpc) is 2.87.